The largest absolute Gasteiger partial charge is 0.475 e. The Labute approximate surface area is 90.7 Å². The fourth-order valence-electron chi connectivity index (χ4n) is 1.42. The molecular weight excluding hydrogens is 210 g/mol. The van der Waals surface area contributed by atoms with Crippen LogP contribution in [-0.4, -0.2) is 17.0 Å². The lowest BCUT2D eigenvalue weighted by atomic mass is 10.2. The lowest BCUT2D eigenvalue weighted by molar-refractivity contribution is -0.114. The van der Waals surface area contributed by atoms with Crippen molar-refractivity contribution in [3.05, 3.63) is 30.0 Å². The Bertz CT molecular complexity index is 570. The SMILES string of the molecule is CC(=O)Nc1ccc2cc(C(=O)O)oc2c1. The Morgan fingerprint density at radius 1 is 1.31 bits per heavy atom. The highest BCUT2D eigenvalue weighted by atomic mass is 16.4. The van der Waals surface area contributed by atoms with Crippen molar-refractivity contribution in [3.8, 4) is 0 Å². The zero-order valence-corrected chi connectivity index (χ0v) is 8.48. The minimum Gasteiger partial charge on any atom is -0.475 e. The fraction of sp³-hybridized carbons (Fsp3) is 0.0909. The van der Waals surface area contributed by atoms with Crippen LogP contribution < -0.4 is 5.32 Å². The number of anilines is 1. The predicted molar refractivity (Wildman–Crippen MR) is 57.5 cm³/mol. The molecule has 0 aliphatic carbocycles. The average molecular weight is 219 g/mol. The van der Waals surface area contributed by atoms with Crippen LogP contribution in [0.4, 0.5) is 5.69 Å². The van der Waals surface area contributed by atoms with E-state index in [0.29, 0.717) is 16.7 Å². The van der Waals surface area contributed by atoms with Crippen LogP contribution in [0.3, 0.4) is 0 Å². The van der Waals surface area contributed by atoms with Gasteiger partial charge in [0.25, 0.3) is 0 Å². The molecule has 0 aliphatic rings. The third kappa shape index (κ3) is 1.88. The van der Waals surface area contributed by atoms with E-state index in [-0.39, 0.29) is 11.7 Å². The molecular formula is C11H9NO4. The quantitative estimate of drug-likeness (QED) is 0.810. The highest BCUT2D eigenvalue weighted by Crippen LogP contribution is 2.23. The average Bonchev–Trinajstić information content (AvgIpc) is 2.59. The van der Waals surface area contributed by atoms with Gasteiger partial charge in [0.2, 0.25) is 11.7 Å². The fourth-order valence-corrected chi connectivity index (χ4v) is 1.42. The second-order valence-electron chi connectivity index (χ2n) is 3.35. The van der Waals surface area contributed by atoms with Crippen molar-refractivity contribution in [3.63, 3.8) is 0 Å². The zero-order valence-electron chi connectivity index (χ0n) is 8.48. The maximum absolute atomic E-state index is 10.8. The Morgan fingerprint density at radius 2 is 2.06 bits per heavy atom. The molecule has 0 fully saturated rings. The molecule has 82 valence electrons. The maximum atomic E-state index is 10.8. The molecule has 0 unspecified atom stereocenters. The summed E-state index contributed by atoms with van der Waals surface area (Å²) in [5.41, 5.74) is 1.01. The van der Waals surface area contributed by atoms with Crippen molar-refractivity contribution in [2.45, 2.75) is 6.92 Å². The van der Waals surface area contributed by atoms with Crippen LogP contribution >= 0.6 is 0 Å². The number of carbonyl (C=O) groups is 2. The highest BCUT2D eigenvalue weighted by Gasteiger charge is 2.10. The number of carbonyl (C=O) groups excluding carboxylic acids is 1. The van der Waals surface area contributed by atoms with E-state index in [2.05, 4.69) is 5.32 Å². The minimum atomic E-state index is -1.11. The molecule has 5 nitrogen and oxygen atoms in total. The molecule has 1 aromatic heterocycles. The van der Waals surface area contributed by atoms with Crippen LogP contribution in [-0.2, 0) is 4.79 Å². The first-order valence-electron chi connectivity index (χ1n) is 4.61. The smallest absolute Gasteiger partial charge is 0.371 e. The number of carboxylic acid groups (broad SMARTS) is 1. The van der Waals surface area contributed by atoms with Crippen LogP contribution in [0.1, 0.15) is 17.5 Å². The van der Waals surface area contributed by atoms with Crippen molar-refractivity contribution in [1.82, 2.24) is 0 Å². The van der Waals surface area contributed by atoms with E-state index in [1.165, 1.54) is 13.0 Å². The lowest BCUT2D eigenvalue weighted by Gasteiger charge is -2.00. The van der Waals surface area contributed by atoms with Gasteiger partial charge in [0, 0.05) is 24.1 Å². The van der Waals surface area contributed by atoms with Gasteiger partial charge in [-0.05, 0) is 18.2 Å². The summed E-state index contributed by atoms with van der Waals surface area (Å²) in [7, 11) is 0. The molecule has 2 rings (SSSR count). The van der Waals surface area contributed by atoms with E-state index >= 15 is 0 Å². The summed E-state index contributed by atoms with van der Waals surface area (Å²) < 4.78 is 5.10. The van der Waals surface area contributed by atoms with Crippen LogP contribution in [0.2, 0.25) is 0 Å². The number of aromatic carboxylic acids is 1. The van der Waals surface area contributed by atoms with E-state index in [1.54, 1.807) is 18.2 Å². The Morgan fingerprint density at radius 3 is 2.69 bits per heavy atom. The molecule has 0 atom stereocenters. The first-order valence-corrected chi connectivity index (χ1v) is 4.61. The van der Waals surface area contributed by atoms with E-state index in [0.717, 1.165) is 0 Å². The number of amides is 1. The topological polar surface area (TPSA) is 79.5 Å². The monoisotopic (exact) mass is 219 g/mol. The summed E-state index contributed by atoms with van der Waals surface area (Å²) in [6.07, 6.45) is 0. The molecule has 1 heterocycles. The molecule has 1 aromatic carbocycles. The molecule has 0 radical (unpaired) electrons. The summed E-state index contributed by atoms with van der Waals surface area (Å²) in [6.45, 7) is 1.40. The number of nitrogens with one attached hydrogen (secondary N) is 1. The second-order valence-corrected chi connectivity index (χ2v) is 3.35. The van der Waals surface area contributed by atoms with Gasteiger partial charge < -0.3 is 14.8 Å². The molecule has 0 saturated heterocycles. The number of hydrogen-bond acceptors (Lipinski definition) is 3. The number of rotatable bonds is 2. The van der Waals surface area contributed by atoms with Crippen molar-refractivity contribution < 1.29 is 19.1 Å². The van der Waals surface area contributed by atoms with Gasteiger partial charge in [0.05, 0.1) is 0 Å². The Hall–Kier alpha value is -2.30. The molecule has 2 N–H and O–H groups in total. The van der Waals surface area contributed by atoms with Crippen LogP contribution in [0.15, 0.2) is 28.7 Å². The summed E-state index contributed by atoms with van der Waals surface area (Å²) in [5, 5.41) is 12.0. The van der Waals surface area contributed by atoms with E-state index in [9.17, 15) is 9.59 Å². The first-order chi connectivity index (χ1) is 7.56. The van der Waals surface area contributed by atoms with Gasteiger partial charge in [-0.2, -0.15) is 0 Å². The normalized spacial score (nSPS) is 10.3. The summed E-state index contributed by atoms with van der Waals surface area (Å²) in [4.78, 5) is 21.5. The number of hydrogen-bond donors (Lipinski definition) is 2. The Balaban J connectivity index is 2.45. The summed E-state index contributed by atoms with van der Waals surface area (Å²) >= 11 is 0. The van der Waals surface area contributed by atoms with Gasteiger partial charge in [-0.1, -0.05) is 0 Å². The van der Waals surface area contributed by atoms with Gasteiger partial charge >= 0.3 is 5.97 Å². The molecule has 0 bridgehead atoms. The maximum Gasteiger partial charge on any atom is 0.371 e. The number of benzene rings is 1. The number of fused-ring (bicyclic) bond motifs is 1. The van der Waals surface area contributed by atoms with Gasteiger partial charge in [0.15, 0.2) is 0 Å². The predicted octanol–water partition coefficient (Wildman–Crippen LogP) is 2.09. The van der Waals surface area contributed by atoms with E-state index < -0.39 is 5.97 Å². The summed E-state index contributed by atoms with van der Waals surface area (Å²) in [6, 6.07) is 6.40. The minimum absolute atomic E-state index is 0.116. The van der Waals surface area contributed by atoms with Crippen LogP contribution in [0.5, 0.6) is 0 Å². The van der Waals surface area contributed by atoms with E-state index in [1.807, 2.05) is 0 Å². The van der Waals surface area contributed by atoms with Crippen molar-refractivity contribution in [2.75, 3.05) is 5.32 Å². The van der Waals surface area contributed by atoms with Crippen molar-refractivity contribution >= 4 is 28.5 Å². The molecule has 5 heteroatoms. The zero-order chi connectivity index (χ0) is 11.7. The molecule has 2 aromatic rings. The lowest BCUT2D eigenvalue weighted by Crippen LogP contribution is -2.05. The van der Waals surface area contributed by atoms with Crippen LogP contribution in [0, 0.1) is 0 Å². The Kier molecular flexibility index (Phi) is 2.36. The van der Waals surface area contributed by atoms with Gasteiger partial charge in [0.1, 0.15) is 5.58 Å². The molecule has 0 saturated carbocycles. The number of furan rings is 1. The molecule has 1 amide bonds. The van der Waals surface area contributed by atoms with E-state index in [4.69, 9.17) is 9.52 Å². The molecule has 0 spiro atoms. The van der Waals surface area contributed by atoms with Crippen LogP contribution in [0.25, 0.3) is 11.0 Å². The first kappa shape index (κ1) is 10.2. The molecule has 16 heavy (non-hydrogen) atoms. The number of carboxylic acids is 1. The highest BCUT2D eigenvalue weighted by molar-refractivity contribution is 5.94. The standard InChI is InChI=1S/C11H9NO4/c1-6(13)12-8-3-2-7-4-10(11(14)15)16-9(7)5-8/h2-5H,1H3,(H,12,13)(H,14,15). The summed E-state index contributed by atoms with van der Waals surface area (Å²) in [5.74, 6) is -1.42. The van der Waals surface area contributed by atoms with Gasteiger partial charge in [-0.25, -0.2) is 4.79 Å². The van der Waals surface area contributed by atoms with Gasteiger partial charge in [-0.3, -0.25) is 4.79 Å². The second kappa shape index (κ2) is 3.69. The third-order valence-electron chi connectivity index (χ3n) is 2.05. The van der Waals surface area contributed by atoms with Gasteiger partial charge in [-0.15, -0.1) is 0 Å². The van der Waals surface area contributed by atoms with Crippen molar-refractivity contribution in [1.29, 1.82) is 0 Å². The third-order valence-corrected chi connectivity index (χ3v) is 2.05. The molecule has 0 aliphatic heterocycles. The van der Waals surface area contributed by atoms with Crippen molar-refractivity contribution in [2.24, 2.45) is 0 Å².